The molecule has 7 nitrogen and oxygen atoms in total. The zero-order valence-electron chi connectivity index (χ0n) is 15.5. The third-order valence-corrected chi connectivity index (χ3v) is 4.39. The lowest BCUT2D eigenvalue weighted by Gasteiger charge is -2.10. The van der Waals surface area contributed by atoms with Gasteiger partial charge in [-0.3, -0.25) is 4.79 Å². The molecule has 1 aromatic heterocycles. The number of hydrogen-bond donors (Lipinski definition) is 1. The van der Waals surface area contributed by atoms with Gasteiger partial charge >= 0.3 is 11.9 Å². The van der Waals surface area contributed by atoms with Gasteiger partial charge < -0.3 is 19.2 Å². The number of rotatable bonds is 5. The Morgan fingerprint density at radius 1 is 0.931 bits per heavy atom. The summed E-state index contributed by atoms with van der Waals surface area (Å²) in [5.74, 6) is -1.49. The maximum Gasteiger partial charge on any atom is 0.339 e. The monoisotopic (exact) mass is 413 g/mol. The second-order valence-corrected chi connectivity index (χ2v) is 6.25. The van der Waals surface area contributed by atoms with Crippen molar-refractivity contribution in [2.45, 2.75) is 0 Å². The van der Waals surface area contributed by atoms with Gasteiger partial charge in [0.05, 0.1) is 36.1 Å². The van der Waals surface area contributed by atoms with Crippen LogP contribution >= 0.6 is 11.6 Å². The average Bonchev–Trinajstić information content (AvgIpc) is 3.23. The van der Waals surface area contributed by atoms with Crippen LogP contribution in [0, 0.1) is 0 Å². The van der Waals surface area contributed by atoms with Crippen LogP contribution in [0.5, 0.6) is 0 Å². The number of benzene rings is 2. The fourth-order valence-corrected chi connectivity index (χ4v) is 2.86. The van der Waals surface area contributed by atoms with Crippen molar-refractivity contribution in [2.75, 3.05) is 19.5 Å². The molecule has 0 aliphatic heterocycles. The Morgan fingerprint density at radius 2 is 1.66 bits per heavy atom. The van der Waals surface area contributed by atoms with E-state index in [1.165, 1.54) is 38.5 Å². The van der Waals surface area contributed by atoms with Crippen LogP contribution in [0.25, 0.3) is 11.3 Å². The molecule has 0 saturated carbocycles. The number of ether oxygens (including phenoxy) is 2. The third-order valence-electron chi connectivity index (χ3n) is 4.06. The Kier molecular flexibility index (Phi) is 5.99. The summed E-state index contributed by atoms with van der Waals surface area (Å²) in [5.41, 5.74) is 0.953. The maximum atomic E-state index is 12.7. The molecule has 0 aliphatic rings. The molecular formula is C21H16ClNO6. The van der Waals surface area contributed by atoms with Crippen LogP contribution in [-0.2, 0) is 9.47 Å². The first kappa shape index (κ1) is 20.2. The molecule has 2 aromatic carbocycles. The van der Waals surface area contributed by atoms with E-state index in [1.807, 2.05) is 0 Å². The van der Waals surface area contributed by atoms with E-state index in [-0.39, 0.29) is 22.6 Å². The van der Waals surface area contributed by atoms with E-state index in [1.54, 1.807) is 30.3 Å². The molecule has 3 rings (SSSR count). The largest absolute Gasteiger partial charge is 0.465 e. The van der Waals surface area contributed by atoms with Crippen LogP contribution in [0.1, 0.15) is 31.3 Å². The zero-order chi connectivity index (χ0) is 21.0. The molecule has 0 atom stereocenters. The van der Waals surface area contributed by atoms with Gasteiger partial charge in [0.15, 0.2) is 5.76 Å². The molecule has 0 unspecified atom stereocenters. The normalized spacial score (nSPS) is 10.3. The van der Waals surface area contributed by atoms with Gasteiger partial charge in [-0.1, -0.05) is 23.7 Å². The number of furan rings is 1. The smallest absolute Gasteiger partial charge is 0.339 e. The van der Waals surface area contributed by atoms with Gasteiger partial charge in [-0.15, -0.1) is 0 Å². The zero-order valence-corrected chi connectivity index (χ0v) is 16.3. The highest BCUT2D eigenvalue weighted by Gasteiger charge is 2.20. The Labute approximate surface area is 171 Å². The summed E-state index contributed by atoms with van der Waals surface area (Å²) in [7, 11) is 2.44. The second-order valence-electron chi connectivity index (χ2n) is 5.84. The van der Waals surface area contributed by atoms with Crippen molar-refractivity contribution in [3.05, 3.63) is 76.5 Å². The molecule has 3 aromatic rings. The SMILES string of the molecule is COC(=O)c1ccc(C(=O)OC)c(NC(=O)c2ccc(-c3ccccc3Cl)o2)c1. The van der Waals surface area contributed by atoms with Crippen molar-refractivity contribution in [2.24, 2.45) is 0 Å². The number of carbonyl (C=O) groups is 3. The van der Waals surface area contributed by atoms with E-state index < -0.39 is 17.8 Å². The number of halogens is 1. The van der Waals surface area contributed by atoms with Crippen molar-refractivity contribution < 1.29 is 28.3 Å². The summed E-state index contributed by atoms with van der Waals surface area (Å²) in [4.78, 5) is 36.4. The van der Waals surface area contributed by atoms with Crippen molar-refractivity contribution >= 4 is 35.1 Å². The van der Waals surface area contributed by atoms with E-state index >= 15 is 0 Å². The molecule has 29 heavy (non-hydrogen) atoms. The van der Waals surface area contributed by atoms with Crippen LogP contribution in [0.15, 0.2) is 59.0 Å². The van der Waals surface area contributed by atoms with Crippen LogP contribution in [0.2, 0.25) is 5.02 Å². The molecule has 0 spiro atoms. The third kappa shape index (κ3) is 4.30. The number of nitrogens with one attached hydrogen (secondary N) is 1. The number of esters is 2. The molecule has 1 heterocycles. The van der Waals surface area contributed by atoms with E-state index in [0.29, 0.717) is 16.3 Å². The predicted molar refractivity (Wildman–Crippen MR) is 106 cm³/mol. The highest BCUT2D eigenvalue weighted by Crippen LogP contribution is 2.29. The summed E-state index contributed by atoms with van der Waals surface area (Å²) in [6, 6.07) is 14.2. The summed E-state index contributed by atoms with van der Waals surface area (Å²) < 4.78 is 15.0. The number of amides is 1. The molecule has 0 fully saturated rings. The minimum absolute atomic E-state index is 0.000735. The number of carbonyl (C=O) groups excluding carboxylic acids is 3. The van der Waals surface area contributed by atoms with Gasteiger partial charge in [0.1, 0.15) is 5.76 Å². The highest BCUT2D eigenvalue weighted by atomic mass is 35.5. The first-order valence-electron chi connectivity index (χ1n) is 8.41. The van der Waals surface area contributed by atoms with Crippen molar-refractivity contribution in [3.63, 3.8) is 0 Å². The van der Waals surface area contributed by atoms with Crippen molar-refractivity contribution in [1.29, 1.82) is 0 Å². The van der Waals surface area contributed by atoms with E-state index in [4.69, 9.17) is 20.8 Å². The molecule has 8 heteroatoms. The van der Waals surface area contributed by atoms with Gasteiger partial charge in [-0.2, -0.15) is 0 Å². The van der Waals surface area contributed by atoms with Crippen LogP contribution < -0.4 is 5.32 Å². The van der Waals surface area contributed by atoms with Gasteiger partial charge in [0.2, 0.25) is 0 Å². The van der Waals surface area contributed by atoms with Crippen LogP contribution in [0.3, 0.4) is 0 Å². The summed E-state index contributed by atoms with van der Waals surface area (Å²) in [5, 5.41) is 3.05. The van der Waals surface area contributed by atoms with Crippen molar-refractivity contribution in [1.82, 2.24) is 0 Å². The lowest BCUT2D eigenvalue weighted by Crippen LogP contribution is -2.16. The Hall–Kier alpha value is -3.58. The highest BCUT2D eigenvalue weighted by molar-refractivity contribution is 6.33. The Morgan fingerprint density at radius 3 is 2.34 bits per heavy atom. The quantitative estimate of drug-likeness (QED) is 0.622. The summed E-state index contributed by atoms with van der Waals surface area (Å²) in [6.45, 7) is 0. The molecule has 1 amide bonds. The number of anilines is 1. The Balaban J connectivity index is 1.91. The summed E-state index contributed by atoms with van der Waals surface area (Å²) in [6.07, 6.45) is 0. The average molecular weight is 414 g/mol. The number of methoxy groups -OCH3 is 2. The van der Waals surface area contributed by atoms with Gasteiger partial charge in [0, 0.05) is 5.56 Å². The van der Waals surface area contributed by atoms with Gasteiger partial charge in [-0.05, 0) is 42.5 Å². The number of hydrogen-bond acceptors (Lipinski definition) is 6. The lowest BCUT2D eigenvalue weighted by atomic mass is 10.1. The molecule has 148 valence electrons. The molecule has 1 N–H and O–H groups in total. The Bertz CT molecular complexity index is 1090. The minimum Gasteiger partial charge on any atom is -0.465 e. The van der Waals surface area contributed by atoms with Gasteiger partial charge in [0.25, 0.3) is 5.91 Å². The standard InChI is InChI=1S/C21H16ClNO6/c1-27-20(25)12-7-8-14(21(26)28-2)16(11-12)23-19(24)18-10-9-17(29-18)13-5-3-4-6-15(13)22/h3-11H,1-2H3,(H,23,24). The topological polar surface area (TPSA) is 94.8 Å². The molecule has 0 aliphatic carbocycles. The molecule has 0 radical (unpaired) electrons. The fraction of sp³-hybridized carbons (Fsp3) is 0.0952. The second kappa shape index (κ2) is 8.62. The fourth-order valence-electron chi connectivity index (χ4n) is 2.63. The minimum atomic E-state index is -0.673. The van der Waals surface area contributed by atoms with Gasteiger partial charge in [-0.25, -0.2) is 9.59 Å². The predicted octanol–water partition coefficient (Wildman–Crippen LogP) is 4.43. The molecule has 0 bridgehead atoms. The van der Waals surface area contributed by atoms with Crippen LogP contribution in [-0.4, -0.2) is 32.1 Å². The first-order valence-corrected chi connectivity index (χ1v) is 8.79. The van der Waals surface area contributed by atoms with E-state index in [2.05, 4.69) is 10.1 Å². The van der Waals surface area contributed by atoms with E-state index in [9.17, 15) is 14.4 Å². The maximum absolute atomic E-state index is 12.7. The van der Waals surface area contributed by atoms with Crippen molar-refractivity contribution in [3.8, 4) is 11.3 Å². The molecule has 0 saturated heterocycles. The van der Waals surface area contributed by atoms with Crippen LogP contribution in [0.4, 0.5) is 5.69 Å². The summed E-state index contributed by atoms with van der Waals surface area (Å²) >= 11 is 6.15. The molecular weight excluding hydrogens is 398 g/mol. The first-order chi connectivity index (χ1) is 13.9. The van der Waals surface area contributed by atoms with E-state index in [0.717, 1.165) is 0 Å². The lowest BCUT2D eigenvalue weighted by molar-refractivity contribution is 0.0587.